The summed E-state index contributed by atoms with van der Waals surface area (Å²) in [5.74, 6) is 1.37. The molecule has 1 aromatic rings. The predicted molar refractivity (Wildman–Crippen MR) is 84.2 cm³/mol. The van der Waals surface area contributed by atoms with Crippen molar-refractivity contribution >= 4 is 23.2 Å². The number of piperidine rings is 1. The van der Waals surface area contributed by atoms with Crippen molar-refractivity contribution < 1.29 is 4.79 Å². The number of likely N-dealkylation sites (tertiary alicyclic amines) is 1. The number of amides is 1. The molecule has 0 aliphatic carbocycles. The van der Waals surface area contributed by atoms with Crippen LogP contribution in [0.4, 0.5) is 5.69 Å². The van der Waals surface area contributed by atoms with Gasteiger partial charge in [-0.25, -0.2) is 0 Å². The average molecular weight is 295 g/mol. The lowest BCUT2D eigenvalue weighted by molar-refractivity contribution is -0.117. The Hall–Kier alpha value is -1.06. The third kappa shape index (κ3) is 4.22. The lowest BCUT2D eigenvalue weighted by atomic mass is 9.92. The summed E-state index contributed by atoms with van der Waals surface area (Å²) in [6.07, 6.45) is 1.26. The molecule has 0 aromatic heterocycles. The van der Waals surface area contributed by atoms with Crippen LogP contribution >= 0.6 is 11.6 Å². The van der Waals surface area contributed by atoms with Crippen LogP contribution in [0.3, 0.4) is 0 Å². The van der Waals surface area contributed by atoms with E-state index in [-0.39, 0.29) is 5.91 Å². The van der Waals surface area contributed by atoms with E-state index in [1.807, 2.05) is 19.1 Å². The first kappa shape index (κ1) is 15.3. The largest absolute Gasteiger partial charge is 0.325 e. The first-order valence-corrected chi connectivity index (χ1v) is 7.60. The van der Waals surface area contributed by atoms with E-state index < -0.39 is 0 Å². The van der Waals surface area contributed by atoms with Gasteiger partial charge < -0.3 is 5.32 Å². The van der Waals surface area contributed by atoms with Gasteiger partial charge in [0.2, 0.25) is 5.91 Å². The highest BCUT2D eigenvalue weighted by molar-refractivity contribution is 6.31. The topological polar surface area (TPSA) is 32.3 Å². The summed E-state index contributed by atoms with van der Waals surface area (Å²) in [7, 11) is 0. The van der Waals surface area contributed by atoms with Crippen molar-refractivity contribution in [3.8, 4) is 0 Å². The van der Waals surface area contributed by atoms with E-state index in [4.69, 9.17) is 11.6 Å². The standard InChI is InChI=1S/C16H23ClN2O/c1-11-6-12(2)9-19(8-11)10-16(20)18-15-7-14(17)5-4-13(15)3/h4-5,7,11-12H,6,8-10H2,1-3H3,(H,18,20)/t11-,12-/m1/s1. The Labute approximate surface area is 126 Å². The molecule has 0 bridgehead atoms. The van der Waals surface area contributed by atoms with E-state index in [0.717, 1.165) is 24.3 Å². The number of hydrogen-bond acceptors (Lipinski definition) is 2. The lowest BCUT2D eigenvalue weighted by Gasteiger charge is -2.34. The van der Waals surface area contributed by atoms with Gasteiger partial charge in [0.25, 0.3) is 0 Å². The Kier molecular flexibility index (Phi) is 5.06. The van der Waals surface area contributed by atoms with Crippen LogP contribution in [-0.4, -0.2) is 30.4 Å². The van der Waals surface area contributed by atoms with Gasteiger partial charge in [0.15, 0.2) is 0 Å². The summed E-state index contributed by atoms with van der Waals surface area (Å²) in [5, 5.41) is 3.61. The Bertz CT molecular complexity index is 479. The highest BCUT2D eigenvalue weighted by Crippen LogP contribution is 2.22. The van der Waals surface area contributed by atoms with Crippen molar-refractivity contribution in [1.82, 2.24) is 4.90 Å². The number of nitrogens with zero attached hydrogens (tertiary/aromatic N) is 1. The van der Waals surface area contributed by atoms with Gasteiger partial charge in [-0.1, -0.05) is 31.5 Å². The fraction of sp³-hybridized carbons (Fsp3) is 0.562. The average Bonchev–Trinajstić information content (AvgIpc) is 2.32. The van der Waals surface area contributed by atoms with Gasteiger partial charge in [0, 0.05) is 23.8 Å². The molecule has 0 radical (unpaired) electrons. The van der Waals surface area contributed by atoms with E-state index in [1.165, 1.54) is 6.42 Å². The number of nitrogens with one attached hydrogen (secondary N) is 1. The molecule has 1 aromatic carbocycles. The Balaban J connectivity index is 1.93. The minimum Gasteiger partial charge on any atom is -0.325 e. The molecule has 0 saturated carbocycles. The number of aryl methyl sites for hydroxylation is 1. The van der Waals surface area contributed by atoms with Crippen LogP contribution in [0.5, 0.6) is 0 Å². The second-order valence-corrected chi connectivity index (χ2v) is 6.58. The third-order valence-corrected chi connectivity index (χ3v) is 4.02. The molecular weight excluding hydrogens is 272 g/mol. The first-order valence-electron chi connectivity index (χ1n) is 7.22. The van der Waals surface area contributed by atoms with E-state index in [2.05, 4.69) is 24.1 Å². The number of carbonyl (C=O) groups excluding carboxylic acids is 1. The van der Waals surface area contributed by atoms with Gasteiger partial charge >= 0.3 is 0 Å². The number of hydrogen-bond donors (Lipinski definition) is 1. The quantitative estimate of drug-likeness (QED) is 0.924. The smallest absolute Gasteiger partial charge is 0.238 e. The highest BCUT2D eigenvalue weighted by Gasteiger charge is 2.23. The van der Waals surface area contributed by atoms with Crippen molar-refractivity contribution in [3.05, 3.63) is 28.8 Å². The van der Waals surface area contributed by atoms with Crippen LogP contribution < -0.4 is 5.32 Å². The number of rotatable bonds is 3. The van der Waals surface area contributed by atoms with Crippen LogP contribution in [0.1, 0.15) is 25.8 Å². The van der Waals surface area contributed by atoms with Crippen LogP contribution in [0.25, 0.3) is 0 Å². The van der Waals surface area contributed by atoms with Crippen molar-refractivity contribution in [1.29, 1.82) is 0 Å². The lowest BCUT2D eigenvalue weighted by Crippen LogP contribution is -2.42. The second-order valence-electron chi connectivity index (χ2n) is 6.15. The van der Waals surface area contributed by atoms with Gasteiger partial charge in [0.1, 0.15) is 0 Å². The monoisotopic (exact) mass is 294 g/mol. The van der Waals surface area contributed by atoms with E-state index in [9.17, 15) is 4.79 Å². The molecule has 110 valence electrons. The molecule has 1 heterocycles. The summed E-state index contributed by atoms with van der Waals surface area (Å²) in [5.41, 5.74) is 1.84. The molecule has 20 heavy (non-hydrogen) atoms. The van der Waals surface area contributed by atoms with Crippen molar-refractivity contribution in [2.75, 3.05) is 25.0 Å². The molecule has 1 aliphatic rings. The van der Waals surface area contributed by atoms with Crippen LogP contribution in [0.15, 0.2) is 18.2 Å². The molecule has 0 unspecified atom stereocenters. The molecule has 2 rings (SSSR count). The van der Waals surface area contributed by atoms with E-state index in [0.29, 0.717) is 23.4 Å². The zero-order valence-electron chi connectivity index (χ0n) is 12.4. The molecule has 1 amide bonds. The SMILES string of the molecule is Cc1ccc(Cl)cc1NC(=O)CN1C[C@H](C)C[C@@H](C)C1. The molecule has 4 heteroatoms. The fourth-order valence-electron chi connectivity index (χ4n) is 3.04. The zero-order chi connectivity index (χ0) is 14.7. The van der Waals surface area contributed by atoms with Gasteiger partial charge in [0.05, 0.1) is 6.54 Å². The third-order valence-electron chi connectivity index (χ3n) is 3.79. The number of halogens is 1. The van der Waals surface area contributed by atoms with Crippen molar-refractivity contribution in [2.45, 2.75) is 27.2 Å². The minimum absolute atomic E-state index is 0.0386. The summed E-state index contributed by atoms with van der Waals surface area (Å²) < 4.78 is 0. The second kappa shape index (κ2) is 6.59. The molecule has 1 aliphatic heterocycles. The molecule has 0 spiro atoms. The van der Waals surface area contributed by atoms with Crippen molar-refractivity contribution in [2.24, 2.45) is 11.8 Å². The molecule has 2 atom stereocenters. The van der Waals surface area contributed by atoms with Gasteiger partial charge in [-0.2, -0.15) is 0 Å². The summed E-state index contributed by atoms with van der Waals surface area (Å²) in [6.45, 7) is 8.94. The Morgan fingerprint density at radius 3 is 2.65 bits per heavy atom. The van der Waals surface area contributed by atoms with Crippen LogP contribution in [0, 0.1) is 18.8 Å². The Morgan fingerprint density at radius 1 is 1.35 bits per heavy atom. The fourth-order valence-corrected chi connectivity index (χ4v) is 3.21. The molecule has 1 saturated heterocycles. The normalized spacial score (nSPS) is 23.6. The maximum absolute atomic E-state index is 12.2. The number of anilines is 1. The Morgan fingerprint density at radius 2 is 2.00 bits per heavy atom. The maximum atomic E-state index is 12.2. The molecule has 3 nitrogen and oxygen atoms in total. The highest BCUT2D eigenvalue weighted by atomic mass is 35.5. The van der Waals surface area contributed by atoms with Gasteiger partial charge in [-0.3, -0.25) is 9.69 Å². The summed E-state index contributed by atoms with van der Waals surface area (Å²) in [4.78, 5) is 14.4. The molecular formula is C16H23ClN2O. The summed E-state index contributed by atoms with van der Waals surface area (Å²) >= 11 is 5.97. The van der Waals surface area contributed by atoms with E-state index >= 15 is 0 Å². The molecule has 1 fully saturated rings. The van der Waals surface area contributed by atoms with Gasteiger partial charge in [-0.15, -0.1) is 0 Å². The van der Waals surface area contributed by atoms with E-state index in [1.54, 1.807) is 6.07 Å². The number of carbonyl (C=O) groups is 1. The number of benzene rings is 1. The van der Waals surface area contributed by atoms with Crippen LogP contribution in [-0.2, 0) is 4.79 Å². The molecule has 1 N–H and O–H groups in total. The first-order chi connectivity index (χ1) is 9.44. The van der Waals surface area contributed by atoms with Gasteiger partial charge in [-0.05, 0) is 42.9 Å². The zero-order valence-corrected chi connectivity index (χ0v) is 13.2. The minimum atomic E-state index is 0.0386. The maximum Gasteiger partial charge on any atom is 0.238 e. The van der Waals surface area contributed by atoms with Crippen LogP contribution in [0.2, 0.25) is 5.02 Å². The predicted octanol–water partition coefficient (Wildman–Crippen LogP) is 3.56. The summed E-state index contributed by atoms with van der Waals surface area (Å²) in [6, 6.07) is 5.56. The van der Waals surface area contributed by atoms with Crippen molar-refractivity contribution in [3.63, 3.8) is 0 Å².